The number of imidazole rings is 1. The van der Waals surface area contributed by atoms with Crippen molar-refractivity contribution in [2.75, 3.05) is 7.05 Å². The molecule has 1 N–H and O–H groups in total. The Balaban J connectivity index is 1.91. The fraction of sp³-hybridized carbons (Fsp3) is 0.412. The maximum Gasteiger partial charge on any atom is 0.139 e. The zero-order valence-electron chi connectivity index (χ0n) is 12.7. The molecule has 4 nitrogen and oxygen atoms in total. The minimum Gasteiger partial charge on any atom is -0.331 e. The van der Waals surface area contributed by atoms with Crippen LogP contribution >= 0.6 is 0 Å². The van der Waals surface area contributed by atoms with Crippen molar-refractivity contribution in [1.29, 1.82) is 5.26 Å². The Kier molecular flexibility index (Phi) is 5.13. The van der Waals surface area contributed by atoms with Gasteiger partial charge in [0, 0.05) is 24.5 Å². The van der Waals surface area contributed by atoms with Crippen LogP contribution in [-0.2, 0) is 6.54 Å². The lowest BCUT2D eigenvalue weighted by Crippen LogP contribution is -2.37. The second-order valence-corrected chi connectivity index (χ2v) is 5.46. The first-order chi connectivity index (χ1) is 10.2. The number of aromatic nitrogens is 2. The van der Waals surface area contributed by atoms with Gasteiger partial charge in [0.05, 0.1) is 6.07 Å². The van der Waals surface area contributed by atoms with E-state index >= 15 is 0 Å². The second kappa shape index (κ2) is 7.05. The normalized spacial score (nSPS) is 13.6. The van der Waals surface area contributed by atoms with Crippen LogP contribution in [0.25, 0.3) is 11.4 Å². The number of benzene rings is 1. The quantitative estimate of drug-likeness (QED) is 0.793. The predicted octanol–water partition coefficient (Wildman–Crippen LogP) is 3.22. The molecule has 0 spiro atoms. The first kappa shape index (κ1) is 15.3. The van der Waals surface area contributed by atoms with Crippen molar-refractivity contribution in [3.63, 3.8) is 0 Å². The topological polar surface area (TPSA) is 53.6 Å². The van der Waals surface area contributed by atoms with Gasteiger partial charge in [-0.25, -0.2) is 4.98 Å². The van der Waals surface area contributed by atoms with E-state index in [-0.39, 0.29) is 0 Å². The third-order valence-electron chi connectivity index (χ3n) is 3.87. The zero-order chi connectivity index (χ0) is 15.1. The Morgan fingerprint density at radius 2 is 2.05 bits per heavy atom. The summed E-state index contributed by atoms with van der Waals surface area (Å²) in [6.45, 7) is 2.87. The maximum atomic E-state index is 9.13. The third kappa shape index (κ3) is 3.93. The van der Waals surface area contributed by atoms with E-state index in [1.807, 2.05) is 44.6 Å². The van der Waals surface area contributed by atoms with Gasteiger partial charge < -0.3 is 9.88 Å². The highest BCUT2D eigenvalue weighted by Gasteiger charge is 2.19. The van der Waals surface area contributed by atoms with E-state index in [2.05, 4.69) is 33.1 Å². The lowest BCUT2D eigenvalue weighted by Gasteiger charge is -2.20. The summed E-state index contributed by atoms with van der Waals surface area (Å²) in [6.07, 6.45) is 6.76. The summed E-state index contributed by atoms with van der Waals surface area (Å²) in [5.41, 5.74) is 0.719. The molecule has 2 aromatic rings. The van der Waals surface area contributed by atoms with Crippen molar-refractivity contribution in [3.8, 4) is 17.5 Å². The number of hydrogen-bond acceptors (Lipinski definition) is 3. The number of aryl methyl sites for hydroxylation is 1. The van der Waals surface area contributed by atoms with Crippen molar-refractivity contribution in [3.05, 3.63) is 42.7 Å². The minimum atomic E-state index is -0.419. The molecular formula is C17H22N4. The molecule has 0 fully saturated rings. The molecular weight excluding hydrogens is 260 g/mol. The van der Waals surface area contributed by atoms with Crippen LogP contribution in [0.1, 0.15) is 26.2 Å². The number of hydrogen-bond donors (Lipinski definition) is 1. The van der Waals surface area contributed by atoms with Gasteiger partial charge in [-0.1, -0.05) is 30.3 Å². The summed E-state index contributed by atoms with van der Waals surface area (Å²) >= 11 is 0. The smallest absolute Gasteiger partial charge is 0.139 e. The van der Waals surface area contributed by atoms with E-state index < -0.39 is 5.54 Å². The van der Waals surface area contributed by atoms with Crippen molar-refractivity contribution in [1.82, 2.24) is 14.9 Å². The molecule has 0 aliphatic rings. The Hall–Kier alpha value is -2.12. The predicted molar refractivity (Wildman–Crippen MR) is 84.6 cm³/mol. The summed E-state index contributed by atoms with van der Waals surface area (Å²) in [5.74, 6) is 1.01. The lowest BCUT2D eigenvalue weighted by molar-refractivity contribution is 0.425. The molecule has 0 aliphatic carbocycles. The van der Waals surface area contributed by atoms with Crippen molar-refractivity contribution in [2.45, 2.75) is 38.3 Å². The van der Waals surface area contributed by atoms with Crippen LogP contribution in [0.15, 0.2) is 42.7 Å². The van der Waals surface area contributed by atoms with Gasteiger partial charge >= 0.3 is 0 Å². The highest BCUT2D eigenvalue weighted by atomic mass is 15.1. The first-order valence-electron chi connectivity index (χ1n) is 7.35. The Morgan fingerprint density at radius 3 is 2.71 bits per heavy atom. The van der Waals surface area contributed by atoms with Crippen molar-refractivity contribution >= 4 is 0 Å². The molecule has 0 radical (unpaired) electrons. The molecule has 0 amide bonds. The van der Waals surface area contributed by atoms with Crippen LogP contribution in [0.4, 0.5) is 0 Å². The van der Waals surface area contributed by atoms with E-state index in [1.54, 1.807) is 0 Å². The Bertz CT molecular complexity index is 597. The van der Waals surface area contributed by atoms with Gasteiger partial charge in [0.1, 0.15) is 11.4 Å². The number of rotatable bonds is 7. The molecule has 1 aromatic carbocycles. The molecule has 1 heterocycles. The van der Waals surface area contributed by atoms with Gasteiger partial charge in [0.25, 0.3) is 0 Å². The van der Waals surface area contributed by atoms with Gasteiger partial charge in [-0.2, -0.15) is 5.26 Å². The first-order valence-corrected chi connectivity index (χ1v) is 7.35. The van der Waals surface area contributed by atoms with Crippen molar-refractivity contribution in [2.24, 2.45) is 0 Å². The fourth-order valence-corrected chi connectivity index (χ4v) is 2.33. The molecule has 4 heteroatoms. The average molecular weight is 282 g/mol. The monoisotopic (exact) mass is 282 g/mol. The number of nitrogens with one attached hydrogen (secondary N) is 1. The van der Waals surface area contributed by atoms with E-state index in [0.717, 1.165) is 37.2 Å². The lowest BCUT2D eigenvalue weighted by atomic mass is 9.97. The Morgan fingerprint density at radius 1 is 1.29 bits per heavy atom. The van der Waals surface area contributed by atoms with E-state index in [9.17, 15) is 0 Å². The van der Waals surface area contributed by atoms with E-state index in [4.69, 9.17) is 5.26 Å². The molecule has 1 unspecified atom stereocenters. The summed E-state index contributed by atoms with van der Waals surface area (Å²) in [5, 5.41) is 12.2. The summed E-state index contributed by atoms with van der Waals surface area (Å²) in [6, 6.07) is 12.5. The molecule has 0 saturated heterocycles. The second-order valence-electron chi connectivity index (χ2n) is 5.46. The summed E-state index contributed by atoms with van der Waals surface area (Å²) < 4.78 is 2.18. The molecule has 2 rings (SSSR count). The van der Waals surface area contributed by atoms with Crippen LogP contribution in [0.5, 0.6) is 0 Å². The van der Waals surface area contributed by atoms with Gasteiger partial charge in [0.2, 0.25) is 0 Å². The standard InChI is InChI=1S/C17H22N4/c1-17(14-18,19-2)10-6-7-12-21-13-11-20-16(21)15-8-4-3-5-9-15/h3-5,8-9,11,13,19H,6-7,10,12H2,1-2H3. The highest BCUT2D eigenvalue weighted by Crippen LogP contribution is 2.18. The number of nitrogens with zero attached hydrogens (tertiary/aromatic N) is 3. The molecule has 21 heavy (non-hydrogen) atoms. The number of nitriles is 1. The van der Waals surface area contributed by atoms with Crippen LogP contribution in [0.2, 0.25) is 0 Å². The molecule has 1 atom stereocenters. The molecule has 1 aromatic heterocycles. The average Bonchev–Trinajstić information content (AvgIpc) is 3.00. The number of unbranched alkanes of at least 4 members (excludes halogenated alkanes) is 1. The van der Waals surface area contributed by atoms with E-state index in [1.165, 1.54) is 0 Å². The fourth-order valence-electron chi connectivity index (χ4n) is 2.33. The van der Waals surface area contributed by atoms with Gasteiger partial charge in [-0.05, 0) is 33.2 Å². The summed E-state index contributed by atoms with van der Waals surface area (Å²) in [4.78, 5) is 4.44. The Labute approximate surface area is 126 Å². The molecule has 0 bridgehead atoms. The SMILES string of the molecule is CNC(C)(C#N)CCCCn1ccnc1-c1ccccc1. The van der Waals surface area contributed by atoms with Crippen LogP contribution in [-0.4, -0.2) is 22.1 Å². The molecule has 0 aliphatic heterocycles. The van der Waals surface area contributed by atoms with E-state index in [0.29, 0.717) is 0 Å². The van der Waals surface area contributed by atoms with Gasteiger partial charge in [-0.3, -0.25) is 0 Å². The van der Waals surface area contributed by atoms with Gasteiger partial charge in [0.15, 0.2) is 0 Å². The largest absolute Gasteiger partial charge is 0.331 e. The minimum absolute atomic E-state index is 0.419. The summed E-state index contributed by atoms with van der Waals surface area (Å²) in [7, 11) is 1.84. The molecule has 110 valence electrons. The molecule has 0 saturated carbocycles. The van der Waals surface area contributed by atoms with Gasteiger partial charge in [-0.15, -0.1) is 0 Å². The van der Waals surface area contributed by atoms with Crippen LogP contribution in [0, 0.1) is 11.3 Å². The van der Waals surface area contributed by atoms with Crippen LogP contribution in [0.3, 0.4) is 0 Å². The highest BCUT2D eigenvalue weighted by molar-refractivity contribution is 5.54. The maximum absolute atomic E-state index is 9.13. The zero-order valence-corrected chi connectivity index (χ0v) is 12.7. The van der Waals surface area contributed by atoms with Crippen molar-refractivity contribution < 1.29 is 0 Å². The van der Waals surface area contributed by atoms with Crippen LogP contribution < -0.4 is 5.32 Å². The third-order valence-corrected chi connectivity index (χ3v) is 3.87.